The highest BCUT2D eigenvalue weighted by Gasteiger charge is 2.40. The summed E-state index contributed by atoms with van der Waals surface area (Å²) in [5.41, 5.74) is -0.611. The van der Waals surface area contributed by atoms with Gasteiger partial charge in [-0.25, -0.2) is 4.39 Å². The normalized spacial score (nSPS) is 17.6. The minimum Gasteiger partial charge on any atom is -0.494 e. The van der Waals surface area contributed by atoms with Crippen LogP contribution >= 0.6 is 0 Å². The van der Waals surface area contributed by atoms with Crippen LogP contribution in [-0.4, -0.2) is 17.7 Å². The Morgan fingerprint density at radius 2 is 1.89 bits per heavy atom. The summed E-state index contributed by atoms with van der Waals surface area (Å²) in [5, 5.41) is 9.29. The van der Waals surface area contributed by atoms with E-state index < -0.39 is 11.4 Å². The average molecular weight is 252 g/mol. The third-order valence-electron chi connectivity index (χ3n) is 3.68. The van der Waals surface area contributed by atoms with Crippen LogP contribution in [0.2, 0.25) is 0 Å². The number of carboxylic acids is 1. The van der Waals surface area contributed by atoms with Gasteiger partial charge >= 0.3 is 5.97 Å². The second kappa shape index (κ2) is 5.38. The molecule has 0 atom stereocenters. The van der Waals surface area contributed by atoms with Crippen molar-refractivity contribution in [2.45, 2.75) is 32.1 Å². The number of rotatable bonds is 5. The molecule has 1 aliphatic rings. The number of hydrogen-bond donors (Lipinski definition) is 1. The van der Waals surface area contributed by atoms with E-state index in [1.54, 1.807) is 12.1 Å². The lowest BCUT2D eigenvalue weighted by Crippen LogP contribution is -2.29. The number of carbonyl (C=O) groups is 1. The van der Waals surface area contributed by atoms with Gasteiger partial charge in [0, 0.05) is 0 Å². The summed E-state index contributed by atoms with van der Waals surface area (Å²) < 4.78 is 18.2. The first-order chi connectivity index (χ1) is 8.62. The second-order valence-corrected chi connectivity index (χ2v) is 4.84. The molecule has 0 heterocycles. The molecule has 0 bridgehead atoms. The van der Waals surface area contributed by atoms with E-state index in [4.69, 9.17) is 4.74 Å². The van der Waals surface area contributed by atoms with Crippen molar-refractivity contribution < 1.29 is 19.0 Å². The number of aliphatic carboxylic acids is 1. The van der Waals surface area contributed by atoms with E-state index in [0.717, 1.165) is 25.7 Å². The molecule has 1 aliphatic carbocycles. The van der Waals surface area contributed by atoms with E-state index in [1.807, 2.05) is 0 Å². The summed E-state index contributed by atoms with van der Waals surface area (Å²) in [4.78, 5) is 11.3. The summed E-state index contributed by atoms with van der Waals surface area (Å²) in [6.45, 7) is 0.359. The third-order valence-corrected chi connectivity index (χ3v) is 3.68. The third kappa shape index (κ3) is 2.81. The molecule has 0 spiro atoms. The predicted octanol–water partition coefficient (Wildman–Crippen LogP) is 3.24. The van der Waals surface area contributed by atoms with E-state index in [9.17, 15) is 14.3 Å². The summed E-state index contributed by atoms with van der Waals surface area (Å²) in [5.74, 6) is -0.446. The molecular formula is C14H17FO3. The Labute approximate surface area is 106 Å². The topological polar surface area (TPSA) is 46.5 Å². The minimum atomic E-state index is -0.720. The smallest absolute Gasteiger partial charge is 0.309 e. The first-order valence-electron chi connectivity index (χ1n) is 6.24. The van der Waals surface area contributed by atoms with Gasteiger partial charge in [-0.3, -0.25) is 4.79 Å². The fourth-order valence-corrected chi connectivity index (χ4v) is 2.52. The van der Waals surface area contributed by atoms with Crippen LogP contribution < -0.4 is 4.74 Å². The van der Waals surface area contributed by atoms with Gasteiger partial charge in [-0.15, -0.1) is 0 Å². The van der Waals surface area contributed by atoms with Crippen LogP contribution in [0, 0.1) is 11.2 Å². The molecule has 0 aromatic heterocycles. The Hall–Kier alpha value is -1.58. The van der Waals surface area contributed by atoms with E-state index >= 15 is 0 Å². The van der Waals surface area contributed by atoms with E-state index in [0.29, 0.717) is 18.8 Å². The van der Waals surface area contributed by atoms with Gasteiger partial charge in [-0.2, -0.15) is 0 Å². The number of benzene rings is 1. The Kier molecular flexibility index (Phi) is 3.84. The Balaban J connectivity index is 1.87. The molecule has 3 nitrogen and oxygen atoms in total. The van der Waals surface area contributed by atoms with Crippen LogP contribution in [-0.2, 0) is 4.79 Å². The van der Waals surface area contributed by atoms with Crippen molar-refractivity contribution in [3.05, 3.63) is 30.1 Å². The number of carboxylic acid groups (broad SMARTS) is 1. The van der Waals surface area contributed by atoms with Crippen molar-refractivity contribution in [1.82, 2.24) is 0 Å². The molecule has 98 valence electrons. The molecule has 1 aromatic carbocycles. The molecule has 18 heavy (non-hydrogen) atoms. The zero-order valence-corrected chi connectivity index (χ0v) is 10.2. The van der Waals surface area contributed by atoms with E-state index in [1.165, 1.54) is 12.1 Å². The van der Waals surface area contributed by atoms with Crippen molar-refractivity contribution in [3.8, 4) is 5.75 Å². The fraction of sp³-hybridized carbons (Fsp3) is 0.500. The fourth-order valence-electron chi connectivity index (χ4n) is 2.52. The highest BCUT2D eigenvalue weighted by atomic mass is 19.1. The van der Waals surface area contributed by atoms with Gasteiger partial charge in [0.1, 0.15) is 11.6 Å². The maximum atomic E-state index is 12.7. The summed E-state index contributed by atoms with van der Waals surface area (Å²) in [6, 6.07) is 5.77. The Bertz CT molecular complexity index is 408. The first kappa shape index (κ1) is 12.9. The van der Waals surface area contributed by atoms with Crippen molar-refractivity contribution >= 4 is 5.97 Å². The highest BCUT2D eigenvalue weighted by Crippen LogP contribution is 2.41. The van der Waals surface area contributed by atoms with Gasteiger partial charge in [0.05, 0.1) is 12.0 Å². The lowest BCUT2D eigenvalue weighted by molar-refractivity contribution is -0.149. The standard InChI is InChI=1S/C14H17FO3/c15-11-3-5-12(6-4-11)18-10-9-14(13(16)17)7-1-2-8-14/h3-6H,1-2,7-10H2,(H,16,17). The monoisotopic (exact) mass is 252 g/mol. The molecular weight excluding hydrogens is 235 g/mol. The first-order valence-corrected chi connectivity index (χ1v) is 6.24. The van der Waals surface area contributed by atoms with Crippen molar-refractivity contribution in [1.29, 1.82) is 0 Å². The number of halogens is 1. The lowest BCUT2D eigenvalue weighted by atomic mass is 9.83. The molecule has 1 saturated carbocycles. The summed E-state index contributed by atoms with van der Waals surface area (Å²) in [6.07, 6.45) is 3.93. The number of hydrogen-bond acceptors (Lipinski definition) is 2. The summed E-state index contributed by atoms with van der Waals surface area (Å²) in [7, 11) is 0. The maximum Gasteiger partial charge on any atom is 0.309 e. The Morgan fingerprint density at radius 1 is 1.28 bits per heavy atom. The molecule has 1 fully saturated rings. The zero-order chi connectivity index (χ0) is 13.0. The van der Waals surface area contributed by atoms with Crippen molar-refractivity contribution in [3.63, 3.8) is 0 Å². The molecule has 4 heteroatoms. The maximum absolute atomic E-state index is 12.7. The van der Waals surface area contributed by atoms with Crippen LogP contribution in [0.1, 0.15) is 32.1 Å². The van der Waals surface area contributed by atoms with Gasteiger partial charge in [-0.05, 0) is 43.5 Å². The molecule has 1 aromatic rings. The van der Waals surface area contributed by atoms with Gasteiger partial charge in [-0.1, -0.05) is 12.8 Å². The molecule has 0 aliphatic heterocycles. The minimum absolute atomic E-state index is 0.305. The molecule has 1 N–H and O–H groups in total. The summed E-state index contributed by atoms with van der Waals surface area (Å²) >= 11 is 0. The van der Waals surface area contributed by atoms with Gasteiger partial charge in [0.25, 0.3) is 0 Å². The van der Waals surface area contributed by atoms with Crippen LogP contribution in [0.25, 0.3) is 0 Å². The SMILES string of the molecule is O=C(O)C1(CCOc2ccc(F)cc2)CCCC1. The molecule has 0 amide bonds. The lowest BCUT2D eigenvalue weighted by Gasteiger charge is -2.23. The largest absolute Gasteiger partial charge is 0.494 e. The van der Waals surface area contributed by atoms with Crippen LogP contribution in [0.5, 0.6) is 5.75 Å². The molecule has 2 rings (SSSR count). The molecule has 0 unspecified atom stereocenters. The average Bonchev–Trinajstić information content (AvgIpc) is 2.82. The number of ether oxygens (including phenoxy) is 1. The van der Waals surface area contributed by atoms with Gasteiger partial charge in [0.2, 0.25) is 0 Å². The Morgan fingerprint density at radius 3 is 2.44 bits per heavy atom. The van der Waals surface area contributed by atoms with Crippen LogP contribution in [0.4, 0.5) is 4.39 Å². The van der Waals surface area contributed by atoms with E-state index in [-0.39, 0.29) is 5.82 Å². The van der Waals surface area contributed by atoms with Crippen LogP contribution in [0.15, 0.2) is 24.3 Å². The highest BCUT2D eigenvalue weighted by molar-refractivity contribution is 5.74. The van der Waals surface area contributed by atoms with Gasteiger partial charge < -0.3 is 9.84 Å². The second-order valence-electron chi connectivity index (χ2n) is 4.84. The van der Waals surface area contributed by atoms with Crippen molar-refractivity contribution in [2.75, 3.05) is 6.61 Å². The molecule has 0 saturated heterocycles. The molecule has 0 radical (unpaired) electrons. The zero-order valence-electron chi connectivity index (χ0n) is 10.2. The quantitative estimate of drug-likeness (QED) is 0.875. The van der Waals surface area contributed by atoms with Crippen LogP contribution in [0.3, 0.4) is 0 Å². The van der Waals surface area contributed by atoms with Crippen molar-refractivity contribution in [2.24, 2.45) is 5.41 Å². The predicted molar refractivity (Wildman–Crippen MR) is 65.0 cm³/mol. The van der Waals surface area contributed by atoms with E-state index in [2.05, 4.69) is 0 Å². The van der Waals surface area contributed by atoms with Gasteiger partial charge in [0.15, 0.2) is 0 Å².